The fraction of sp³-hybridized carbons (Fsp3) is 0.100. The van der Waals surface area contributed by atoms with Gasteiger partial charge in [0.05, 0.1) is 5.69 Å². The lowest BCUT2D eigenvalue weighted by Gasteiger charge is -2.26. The van der Waals surface area contributed by atoms with Crippen LogP contribution in [0.25, 0.3) is 6.08 Å². The largest absolute Gasteiger partial charge is 0.478 e. The number of rotatable bonds is 4. The maximum Gasteiger partial charge on any atom is 0.335 e. The number of nitriles is 1. The summed E-state index contributed by atoms with van der Waals surface area (Å²) in [4.78, 5) is 38.2. The molecule has 134 valence electrons. The minimum Gasteiger partial charge on any atom is -0.478 e. The Morgan fingerprint density at radius 3 is 2.52 bits per heavy atom. The summed E-state index contributed by atoms with van der Waals surface area (Å²) in [7, 11) is 0. The molecule has 0 radical (unpaired) electrons. The van der Waals surface area contributed by atoms with Crippen LogP contribution in [0.15, 0.2) is 54.1 Å². The second-order valence-electron chi connectivity index (χ2n) is 5.78. The summed E-state index contributed by atoms with van der Waals surface area (Å²) in [6, 6.07) is 14.5. The van der Waals surface area contributed by atoms with Crippen LogP contribution in [-0.4, -0.2) is 24.5 Å². The molecule has 0 saturated carbocycles. The Hall–Kier alpha value is -3.92. The first kappa shape index (κ1) is 17.9. The molecule has 4 amide bonds. The first-order chi connectivity index (χ1) is 13.0. The van der Waals surface area contributed by atoms with Gasteiger partial charge in [-0.3, -0.25) is 14.9 Å². The third-order valence-corrected chi connectivity index (χ3v) is 3.90. The summed E-state index contributed by atoms with van der Waals surface area (Å²) in [5.74, 6) is -1.17. The predicted molar refractivity (Wildman–Crippen MR) is 97.7 cm³/mol. The van der Waals surface area contributed by atoms with Gasteiger partial charge < -0.3 is 4.74 Å². The summed E-state index contributed by atoms with van der Waals surface area (Å²) in [6.45, 7) is 1.71. The van der Waals surface area contributed by atoms with Gasteiger partial charge in [0.15, 0.2) is 6.61 Å². The quantitative estimate of drug-likeness (QED) is 0.666. The number of barbiturate groups is 1. The highest BCUT2D eigenvalue weighted by Crippen LogP contribution is 2.25. The lowest BCUT2D eigenvalue weighted by molar-refractivity contribution is -0.122. The fourth-order valence-corrected chi connectivity index (χ4v) is 2.58. The van der Waals surface area contributed by atoms with Gasteiger partial charge in [-0.2, -0.15) is 5.26 Å². The molecule has 1 heterocycles. The number of para-hydroxylation sites is 1. The molecule has 0 spiro atoms. The average molecular weight is 361 g/mol. The number of ether oxygens (including phenoxy) is 1. The van der Waals surface area contributed by atoms with E-state index >= 15 is 0 Å². The number of benzene rings is 2. The minimum atomic E-state index is -0.806. The van der Waals surface area contributed by atoms with Crippen molar-refractivity contribution in [2.75, 3.05) is 11.5 Å². The van der Waals surface area contributed by atoms with E-state index < -0.39 is 17.8 Å². The molecule has 7 nitrogen and oxygen atoms in total. The molecule has 1 aliphatic heterocycles. The number of hydrogen-bond donors (Lipinski definition) is 1. The maximum atomic E-state index is 12.8. The normalized spacial score (nSPS) is 15.5. The van der Waals surface area contributed by atoms with Crippen molar-refractivity contribution in [2.45, 2.75) is 6.92 Å². The third kappa shape index (κ3) is 3.70. The van der Waals surface area contributed by atoms with Crippen molar-refractivity contribution in [1.29, 1.82) is 5.26 Å². The van der Waals surface area contributed by atoms with Crippen LogP contribution >= 0.6 is 0 Å². The van der Waals surface area contributed by atoms with Crippen LogP contribution in [0.4, 0.5) is 10.5 Å². The van der Waals surface area contributed by atoms with Crippen LogP contribution < -0.4 is 15.0 Å². The van der Waals surface area contributed by atoms with Gasteiger partial charge in [0, 0.05) is 5.56 Å². The standard InChI is InChI=1S/C20H15N3O4/c1-13-6-8-15(9-7-13)23-19(25)16(18(24)22-20(23)26)12-14-4-2-3-5-17(14)27-11-10-21/h2-9,12H,11H2,1H3,(H,22,24,26)/b16-12-. The van der Waals surface area contributed by atoms with Crippen molar-refractivity contribution < 1.29 is 19.1 Å². The van der Waals surface area contributed by atoms with Crippen molar-refractivity contribution in [1.82, 2.24) is 5.32 Å². The van der Waals surface area contributed by atoms with E-state index in [9.17, 15) is 14.4 Å². The molecule has 0 bridgehead atoms. The van der Waals surface area contributed by atoms with Gasteiger partial charge in [0.2, 0.25) is 0 Å². The predicted octanol–water partition coefficient (Wildman–Crippen LogP) is 2.56. The number of anilines is 1. The van der Waals surface area contributed by atoms with E-state index in [1.807, 2.05) is 13.0 Å². The van der Waals surface area contributed by atoms with Crippen molar-refractivity contribution >= 4 is 29.6 Å². The molecule has 2 aromatic rings. The Kier molecular flexibility index (Phi) is 4.99. The zero-order valence-electron chi connectivity index (χ0n) is 14.4. The monoisotopic (exact) mass is 361 g/mol. The number of carbonyl (C=O) groups is 3. The number of hydrogen-bond acceptors (Lipinski definition) is 5. The maximum absolute atomic E-state index is 12.8. The van der Waals surface area contributed by atoms with E-state index in [0.717, 1.165) is 10.5 Å². The van der Waals surface area contributed by atoms with Crippen molar-refractivity contribution in [3.8, 4) is 11.8 Å². The van der Waals surface area contributed by atoms with Gasteiger partial charge in [-0.05, 0) is 31.2 Å². The van der Waals surface area contributed by atoms with Gasteiger partial charge in [0.25, 0.3) is 11.8 Å². The molecule has 1 aliphatic rings. The lowest BCUT2D eigenvalue weighted by Crippen LogP contribution is -2.54. The third-order valence-electron chi connectivity index (χ3n) is 3.90. The molecule has 3 rings (SSSR count). The van der Waals surface area contributed by atoms with E-state index in [1.54, 1.807) is 48.5 Å². The molecule has 0 aliphatic carbocycles. The molecule has 0 aromatic heterocycles. The first-order valence-electron chi connectivity index (χ1n) is 8.08. The molecular weight excluding hydrogens is 346 g/mol. The van der Waals surface area contributed by atoms with Crippen molar-refractivity contribution in [3.05, 3.63) is 65.2 Å². The molecule has 27 heavy (non-hydrogen) atoms. The fourth-order valence-electron chi connectivity index (χ4n) is 2.58. The number of nitrogens with zero attached hydrogens (tertiary/aromatic N) is 2. The number of carbonyl (C=O) groups excluding carboxylic acids is 3. The van der Waals surface area contributed by atoms with Gasteiger partial charge in [-0.1, -0.05) is 35.9 Å². The molecule has 7 heteroatoms. The van der Waals surface area contributed by atoms with Crippen LogP contribution in [0.2, 0.25) is 0 Å². The molecule has 2 aromatic carbocycles. The minimum absolute atomic E-state index is 0.172. The Labute approximate surface area is 155 Å². The first-order valence-corrected chi connectivity index (χ1v) is 8.08. The zero-order chi connectivity index (χ0) is 19.4. The number of urea groups is 1. The molecule has 1 N–H and O–H groups in total. The van der Waals surface area contributed by atoms with Crippen LogP contribution in [0, 0.1) is 18.3 Å². The summed E-state index contributed by atoms with van der Waals surface area (Å²) < 4.78 is 5.31. The SMILES string of the molecule is Cc1ccc(N2C(=O)NC(=O)/C(=C/c3ccccc3OCC#N)C2=O)cc1. The number of amides is 4. The lowest BCUT2D eigenvalue weighted by atomic mass is 10.1. The van der Waals surface area contributed by atoms with E-state index in [4.69, 9.17) is 10.00 Å². The molecule has 0 unspecified atom stereocenters. The summed E-state index contributed by atoms with van der Waals surface area (Å²) in [6.07, 6.45) is 1.35. The van der Waals surface area contributed by atoms with Gasteiger partial charge in [-0.25, -0.2) is 9.69 Å². The Balaban J connectivity index is 2.00. The summed E-state index contributed by atoms with van der Waals surface area (Å²) in [5, 5.41) is 10.9. The van der Waals surface area contributed by atoms with E-state index in [1.165, 1.54) is 6.08 Å². The Morgan fingerprint density at radius 1 is 1.11 bits per heavy atom. The Morgan fingerprint density at radius 2 is 1.81 bits per heavy atom. The molecule has 1 saturated heterocycles. The van der Waals surface area contributed by atoms with E-state index in [-0.39, 0.29) is 12.2 Å². The topological polar surface area (TPSA) is 99.5 Å². The van der Waals surface area contributed by atoms with Crippen LogP contribution in [0.5, 0.6) is 5.75 Å². The van der Waals surface area contributed by atoms with Crippen LogP contribution in [0.3, 0.4) is 0 Å². The van der Waals surface area contributed by atoms with E-state index in [2.05, 4.69) is 5.32 Å². The van der Waals surface area contributed by atoms with E-state index in [0.29, 0.717) is 17.0 Å². The smallest absolute Gasteiger partial charge is 0.335 e. The van der Waals surface area contributed by atoms with Gasteiger partial charge in [0.1, 0.15) is 17.4 Å². The van der Waals surface area contributed by atoms with Crippen LogP contribution in [-0.2, 0) is 9.59 Å². The molecule has 0 atom stereocenters. The average Bonchev–Trinajstić information content (AvgIpc) is 2.65. The number of nitrogens with one attached hydrogen (secondary N) is 1. The van der Waals surface area contributed by atoms with Gasteiger partial charge >= 0.3 is 6.03 Å². The summed E-state index contributed by atoms with van der Waals surface area (Å²) >= 11 is 0. The number of imide groups is 2. The molecular formula is C20H15N3O4. The zero-order valence-corrected chi connectivity index (χ0v) is 14.4. The second kappa shape index (κ2) is 7.54. The Bertz CT molecular complexity index is 987. The van der Waals surface area contributed by atoms with Gasteiger partial charge in [-0.15, -0.1) is 0 Å². The second-order valence-corrected chi connectivity index (χ2v) is 5.78. The van der Waals surface area contributed by atoms with Crippen molar-refractivity contribution in [3.63, 3.8) is 0 Å². The highest BCUT2D eigenvalue weighted by atomic mass is 16.5. The van der Waals surface area contributed by atoms with Crippen molar-refractivity contribution in [2.24, 2.45) is 0 Å². The van der Waals surface area contributed by atoms with Crippen LogP contribution in [0.1, 0.15) is 11.1 Å². The highest BCUT2D eigenvalue weighted by molar-refractivity contribution is 6.39. The number of aryl methyl sites for hydroxylation is 1. The highest BCUT2D eigenvalue weighted by Gasteiger charge is 2.36. The summed E-state index contributed by atoms with van der Waals surface area (Å²) in [5.41, 5.74) is 1.57. The molecule has 1 fully saturated rings.